The number of nitrogens with zero attached hydrogens (tertiary/aromatic N) is 1. The maximum atomic E-state index is 13.3. The molecule has 16 heavy (non-hydrogen) atoms. The summed E-state index contributed by atoms with van der Waals surface area (Å²) < 4.78 is 18.2. The number of nitrogens with one attached hydrogen (secondary N) is 2. The van der Waals surface area contributed by atoms with Crippen LogP contribution in [0.15, 0.2) is 30.7 Å². The SMILES string of the molecule is COc1ccc(NCc2cnc[nH]2)cc1F. The summed E-state index contributed by atoms with van der Waals surface area (Å²) in [5.41, 5.74) is 1.64. The van der Waals surface area contributed by atoms with Crippen molar-refractivity contribution < 1.29 is 9.13 Å². The number of H-pyrrole nitrogens is 1. The molecule has 0 saturated heterocycles. The van der Waals surface area contributed by atoms with Crippen molar-refractivity contribution in [2.75, 3.05) is 12.4 Å². The number of aromatic nitrogens is 2. The first-order valence-electron chi connectivity index (χ1n) is 4.84. The Labute approximate surface area is 92.5 Å². The first kappa shape index (κ1) is 10.5. The summed E-state index contributed by atoms with van der Waals surface area (Å²) >= 11 is 0. The smallest absolute Gasteiger partial charge is 0.167 e. The minimum Gasteiger partial charge on any atom is -0.494 e. The normalized spacial score (nSPS) is 10.1. The molecule has 0 aliphatic carbocycles. The molecule has 0 bridgehead atoms. The third-order valence-electron chi connectivity index (χ3n) is 2.19. The number of hydrogen-bond acceptors (Lipinski definition) is 3. The van der Waals surface area contributed by atoms with Crippen LogP contribution in [-0.2, 0) is 6.54 Å². The number of rotatable bonds is 4. The van der Waals surface area contributed by atoms with E-state index in [-0.39, 0.29) is 11.6 Å². The van der Waals surface area contributed by atoms with E-state index in [9.17, 15) is 4.39 Å². The lowest BCUT2D eigenvalue weighted by Crippen LogP contribution is -2.00. The van der Waals surface area contributed by atoms with Crippen LogP contribution in [0.3, 0.4) is 0 Å². The van der Waals surface area contributed by atoms with Crippen LogP contribution in [0.1, 0.15) is 5.69 Å². The maximum Gasteiger partial charge on any atom is 0.167 e. The molecule has 1 aromatic carbocycles. The second kappa shape index (κ2) is 4.65. The number of hydrogen-bond donors (Lipinski definition) is 2. The van der Waals surface area contributed by atoms with Gasteiger partial charge in [-0.05, 0) is 12.1 Å². The highest BCUT2D eigenvalue weighted by atomic mass is 19.1. The van der Waals surface area contributed by atoms with Crippen LogP contribution in [0.2, 0.25) is 0 Å². The molecule has 1 aromatic heterocycles. The number of methoxy groups -OCH3 is 1. The van der Waals surface area contributed by atoms with Crippen molar-refractivity contribution in [3.05, 3.63) is 42.2 Å². The van der Waals surface area contributed by atoms with Crippen LogP contribution in [0.5, 0.6) is 5.75 Å². The number of halogens is 1. The quantitative estimate of drug-likeness (QED) is 0.831. The van der Waals surface area contributed by atoms with Gasteiger partial charge in [0.1, 0.15) is 0 Å². The molecule has 0 spiro atoms. The van der Waals surface area contributed by atoms with Gasteiger partial charge in [-0.25, -0.2) is 9.37 Å². The van der Waals surface area contributed by atoms with Crippen molar-refractivity contribution in [1.82, 2.24) is 9.97 Å². The van der Waals surface area contributed by atoms with Gasteiger partial charge in [-0.15, -0.1) is 0 Å². The topological polar surface area (TPSA) is 49.9 Å². The van der Waals surface area contributed by atoms with E-state index in [0.717, 1.165) is 5.69 Å². The summed E-state index contributed by atoms with van der Waals surface area (Å²) in [6, 6.07) is 4.75. The third-order valence-corrected chi connectivity index (χ3v) is 2.19. The Morgan fingerprint density at radius 2 is 2.38 bits per heavy atom. The minimum atomic E-state index is -0.378. The molecule has 0 amide bonds. The summed E-state index contributed by atoms with van der Waals surface area (Å²) in [5, 5.41) is 3.07. The van der Waals surface area contributed by atoms with Crippen LogP contribution in [0, 0.1) is 5.82 Å². The Morgan fingerprint density at radius 3 is 3.00 bits per heavy atom. The predicted molar refractivity (Wildman–Crippen MR) is 58.9 cm³/mol. The molecule has 1 heterocycles. The summed E-state index contributed by atoms with van der Waals surface area (Å²) in [6.45, 7) is 0.575. The van der Waals surface area contributed by atoms with Gasteiger partial charge in [0.15, 0.2) is 11.6 Å². The molecule has 2 rings (SSSR count). The minimum absolute atomic E-state index is 0.243. The largest absolute Gasteiger partial charge is 0.494 e. The first-order valence-corrected chi connectivity index (χ1v) is 4.84. The van der Waals surface area contributed by atoms with E-state index in [0.29, 0.717) is 12.2 Å². The zero-order chi connectivity index (χ0) is 11.4. The van der Waals surface area contributed by atoms with Gasteiger partial charge in [0.05, 0.1) is 25.7 Å². The van der Waals surface area contributed by atoms with Crippen molar-refractivity contribution in [2.45, 2.75) is 6.54 Å². The van der Waals surface area contributed by atoms with E-state index in [2.05, 4.69) is 15.3 Å². The van der Waals surface area contributed by atoms with Gasteiger partial charge < -0.3 is 15.0 Å². The van der Waals surface area contributed by atoms with Crippen LogP contribution in [0.25, 0.3) is 0 Å². The molecule has 0 saturated carbocycles. The molecule has 0 atom stereocenters. The van der Waals surface area contributed by atoms with Crippen LogP contribution in [-0.4, -0.2) is 17.1 Å². The van der Waals surface area contributed by atoms with E-state index < -0.39 is 0 Å². The van der Waals surface area contributed by atoms with E-state index in [1.165, 1.54) is 13.2 Å². The molecular formula is C11H12FN3O. The van der Waals surface area contributed by atoms with Gasteiger partial charge in [0.25, 0.3) is 0 Å². The Kier molecular flexibility index (Phi) is 3.05. The second-order valence-electron chi connectivity index (χ2n) is 3.28. The monoisotopic (exact) mass is 221 g/mol. The van der Waals surface area contributed by atoms with Crippen LogP contribution < -0.4 is 10.1 Å². The first-order chi connectivity index (χ1) is 7.79. The Balaban J connectivity index is 2.02. The number of anilines is 1. The fraction of sp³-hybridized carbons (Fsp3) is 0.182. The van der Waals surface area contributed by atoms with Gasteiger partial charge in [-0.2, -0.15) is 0 Å². The molecule has 0 aliphatic rings. The lowest BCUT2D eigenvalue weighted by Gasteiger charge is -2.07. The highest BCUT2D eigenvalue weighted by Crippen LogP contribution is 2.20. The summed E-state index contributed by atoms with van der Waals surface area (Å²) in [5.74, 6) is -0.135. The molecule has 2 N–H and O–H groups in total. The molecule has 0 unspecified atom stereocenters. The van der Waals surface area contributed by atoms with Gasteiger partial charge in [-0.1, -0.05) is 0 Å². The highest BCUT2D eigenvalue weighted by molar-refractivity contribution is 5.47. The summed E-state index contributed by atoms with van der Waals surface area (Å²) in [6.07, 6.45) is 3.32. The second-order valence-corrected chi connectivity index (χ2v) is 3.28. The van der Waals surface area contributed by atoms with Gasteiger partial charge in [0, 0.05) is 18.0 Å². The number of benzene rings is 1. The standard InChI is InChI=1S/C11H12FN3O/c1-16-11-3-2-8(4-10(11)12)14-6-9-5-13-7-15-9/h2-5,7,14H,6H2,1H3,(H,13,15). The maximum absolute atomic E-state index is 13.3. The zero-order valence-corrected chi connectivity index (χ0v) is 8.83. The lowest BCUT2D eigenvalue weighted by molar-refractivity contribution is 0.386. The van der Waals surface area contributed by atoms with Crippen molar-refractivity contribution in [3.63, 3.8) is 0 Å². The van der Waals surface area contributed by atoms with Gasteiger partial charge in [-0.3, -0.25) is 0 Å². The fourth-order valence-corrected chi connectivity index (χ4v) is 1.35. The Morgan fingerprint density at radius 1 is 1.50 bits per heavy atom. The molecule has 84 valence electrons. The summed E-state index contributed by atoms with van der Waals surface area (Å²) in [4.78, 5) is 6.84. The van der Waals surface area contributed by atoms with Crippen LogP contribution in [0.4, 0.5) is 10.1 Å². The van der Waals surface area contributed by atoms with E-state index in [4.69, 9.17) is 4.74 Å². The number of ether oxygens (including phenoxy) is 1. The number of imidazole rings is 1. The molecule has 0 radical (unpaired) electrons. The highest BCUT2D eigenvalue weighted by Gasteiger charge is 2.03. The lowest BCUT2D eigenvalue weighted by atomic mass is 10.3. The zero-order valence-electron chi connectivity index (χ0n) is 8.83. The molecule has 4 nitrogen and oxygen atoms in total. The molecular weight excluding hydrogens is 209 g/mol. The average Bonchev–Trinajstić information content (AvgIpc) is 2.79. The molecule has 0 fully saturated rings. The Bertz CT molecular complexity index is 456. The Hall–Kier alpha value is -2.04. The third kappa shape index (κ3) is 2.31. The van der Waals surface area contributed by atoms with Crippen molar-refractivity contribution in [2.24, 2.45) is 0 Å². The van der Waals surface area contributed by atoms with Crippen molar-refractivity contribution in [3.8, 4) is 5.75 Å². The predicted octanol–water partition coefficient (Wildman–Crippen LogP) is 2.17. The average molecular weight is 221 g/mol. The van der Waals surface area contributed by atoms with E-state index >= 15 is 0 Å². The fourth-order valence-electron chi connectivity index (χ4n) is 1.35. The molecule has 2 aromatic rings. The van der Waals surface area contributed by atoms with Crippen LogP contribution >= 0.6 is 0 Å². The van der Waals surface area contributed by atoms with Gasteiger partial charge >= 0.3 is 0 Å². The van der Waals surface area contributed by atoms with E-state index in [1.807, 2.05) is 0 Å². The molecule has 5 heteroatoms. The summed E-state index contributed by atoms with van der Waals surface area (Å²) in [7, 11) is 1.44. The van der Waals surface area contributed by atoms with Crippen molar-refractivity contribution in [1.29, 1.82) is 0 Å². The molecule has 0 aliphatic heterocycles. The van der Waals surface area contributed by atoms with Gasteiger partial charge in [0.2, 0.25) is 0 Å². The number of aromatic amines is 1. The van der Waals surface area contributed by atoms with Crippen molar-refractivity contribution >= 4 is 5.69 Å². The van der Waals surface area contributed by atoms with E-state index in [1.54, 1.807) is 24.7 Å².